The molecular weight excluding hydrogens is 400 g/mol. The van der Waals surface area contributed by atoms with E-state index in [1.807, 2.05) is 70.2 Å². The number of oxime groups is 1. The first-order chi connectivity index (χ1) is 15.4. The molecule has 3 heterocycles. The van der Waals surface area contributed by atoms with Crippen LogP contribution in [0.25, 0.3) is 11.4 Å². The van der Waals surface area contributed by atoms with E-state index in [2.05, 4.69) is 21.0 Å². The number of pyridine rings is 3. The van der Waals surface area contributed by atoms with Gasteiger partial charge < -0.3 is 9.57 Å². The Kier molecular flexibility index (Phi) is 7.93. The molecule has 0 aromatic carbocycles. The zero-order chi connectivity index (χ0) is 22.9. The van der Waals surface area contributed by atoms with E-state index in [0.29, 0.717) is 12.4 Å². The van der Waals surface area contributed by atoms with Gasteiger partial charge in [0.1, 0.15) is 24.7 Å². The van der Waals surface area contributed by atoms with Gasteiger partial charge in [-0.2, -0.15) is 0 Å². The first-order valence-electron chi connectivity index (χ1n) is 10.6. The van der Waals surface area contributed by atoms with Gasteiger partial charge in [0.2, 0.25) is 0 Å². The maximum absolute atomic E-state index is 5.55. The molecule has 6 nitrogen and oxygen atoms in total. The lowest BCUT2D eigenvalue weighted by molar-refractivity contribution is 0.141. The number of terminal acetylenes is 1. The first kappa shape index (κ1) is 23.0. The molecule has 32 heavy (non-hydrogen) atoms. The summed E-state index contributed by atoms with van der Waals surface area (Å²) >= 11 is 0. The first-order valence-corrected chi connectivity index (χ1v) is 10.6. The van der Waals surface area contributed by atoms with Crippen LogP contribution in [0.4, 0.5) is 0 Å². The third kappa shape index (κ3) is 6.64. The lowest BCUT2D eigenvalue weighted by Gasteiger charge is -2.08. The number of nitrogens with zero attached hydrogens (tertiary/aromatic N) is 4. The van der Waals surface area contributed by atoms with Gasteiger partial charge in [0, 0.05) is 29.2 Å². The minimum absolute atomic E-state index is 0.220. The number of hydrogen-bond donors (Lipinski definition) is 0. The average Bonchev–Trinajstić information content (AvgIpc) is 2.76. The van der Waals surface area contributed by atoms with Crippen LogP contribution in [0.1, 0.15) is 41.7 Å². The second-order valence-corrected chi connectivity index (χ2v) is 7.62. The van der Waals surface area contributed by atoms with Crippen molar-refractivity contribution in [3.8, 4) is 29.5 Å². The molecule has 3 aromatic rings. The van der Waals surface area contributed by atoms with Crippen LogP contribution in [0, 0.1) is 33.1 Å². The minimum atomic E-state index is 0.220. The van der Waals surface area contributed by atoms with Crippen LogP contribution < -0.4 is 4.74 Å². The molecule has 164 valence electrons. The summed E-state index contributed by atoms with van der Waals surface area (Å²) in [5, 5.41) is 4.21. The Bertz CT molecular complexity index is 1130. The van der Waals surface area contributed by atoms with Gasteiger partial charge in [-0.25, -0.2) is 0 Å². The summed E-state index contributed by atoms with van der Waals surface area (Å²) in [7, 11) is 0. The molecule has 0 saturated heterocycles. The molecule has 0 unspecified atom stereocenters. The summed E-state index contributed by atoms with van der Waals surface area (Å²) in [5.74, 6) is 3.17. The molecule has 3 aromatic heterocycles. The fraction of sp³-hybridized carbons (Fsp3) is 0.308. The second kappa shape index (κ2) is 11.1. The molecule has 0 aliphatic rings. The van der Waals surface area contributed by atoms with Crippen molar-refractivity contribution in [1.29, 1.82) is 0 Å². The Morgan fingerprint density at radius 1 is 1.00 bits per heavy atom. The average molecular weight is 429 g/mol. The van der Waals surface area contributed by atoms with Crippen molar-refractivity contribution in [1.82, 2.24) is 15.0 Å². The van der Waals surface area contributed by atoms with Crippen molar-refractivity contribution in [2.24, 2.45) is 5.16 Å². The molecule has 0 fully saturated rings. The molecule has 0 spiro atoms. The molecule has 0 saturated carbocycles. The number of aromatic nitrogens is 3. The highest BCUT2D eigenvalue weighted by Crippen LogP contribution is 2.22. The van der Waals surface area contributed by atoms with Gasteiger partial charge in [-0.3, -0.25) is 15.0 Å². The van der Waals surface area contributed by atoms with Crippen LogP contribution in [-0.2, 0) is 11.3 Å². The van der Waals surface area contributed by atoms with E-state index in [1.165, 1.54) is 0 Å². The van der Waals surface area contributed by atoms with Crippen LogP contribution in [0.2, 0.25) is 0 Å². The van der Waals surface area contributed by atoms with E-state index in [1.54, 1.807) is 0 Å². The minimum Gasteiger partial charge on any atom is -0.481 e. The van der Waals surface area contributed by atoms with Gasteiger partial charge >= 0.3 is 0 Å². The third-order valence-corrected chi connectivity index (χ3v) is 4.66. The highest BCUT2D eigenvalue weighted by atomic mass is 16.6. The highest BCUT2D eigenvalue weighted by molar-refractivity contribution is 5.96. The Balaban J connectivity index is 1.58. The molecule has 0 N–H and O–H groups in total. The van der Waals surface area contributed by atoms with E-state index in [-0.39, 0.29) is 6.61 Å². The van der Waals surface area contributed by atoms with Crippen molar-refractivity contribution in [2.75, 3.05) is 13.2 Å². The number of rotatable bonds is 9. The lowest BCUT2D eigenvalue weighted by atomic mass is 10.1. The third-order valence-electron chi connectivity index (χ3n) is 4.66. The molecule has 0 aliphatic carbocycles. The van der Waals surface area contributed by atoms with Crippen molar-refractivity contribution < 1.29 is 9.57 Å². The van der Waals surface area contributed by atoms with E-state index in [0.717, 1.165) is 58.3 Å². The highest BCUT2D eigenvalue weighted by Gasteiger charge is 2.07. The summed E-state index contributed by atoms with van der Waals surface area (Å²) < 4.78 is 5.55. The van der Waals surface area contributed by atoms with Crippen molar-refractivity contribution in [3.05, 3.63) is 70.8 Å². The molecule has 0 radical (unpaired) electrons. The Hall–Kier alpha value is -3.72. The maximum atomic E-state index is 5.55. The monoisotopic (exact) mass is 428 g/mol. The summed E-state index contributed by atoms with van der Waals surface area (Å²) in [5.41, 5.74) is 7.12. The number of hydrogen-bond acceptors (Lipinski definition) is 6. The van der Waals surface area contributed by atoms with E-state index in [4.69, 9.17) is 21.0 Å². The topological polar surface area (TPSA) is 69.5 Å². The van der Waals surface area contributed by atoms with Crippen LogP contribution in [0.5, 0.6) is 5.75 Å². The molecule has 0 bridgehead atoms. The Labute approximate surface area is 189 Å². The quantitative estimate of drug-likeness (QED) is 0.211. The van der Waals surface area contributed by atoms with Crippen LogP contribution in [0.15, 0.2) is 47.6 Å². The Morgan fingerprint density at radius 3 is 2.59 bits per heavy atom. The summed E-state index contributed by atoms with van der Waals surface area (Å²) in [6.45, 7) is 8.57. The van der Waals surface area contributed by atoms with Crippen LogP contribution in [-0.4, -0.2) is 33.9 Å². The summed E-state index contributed by atoms with van der Waals surface area (Å²) in [6, 6.07) is 13.7. The van der Waals surface area contributed by atoms with E-state index < -0.39 is 0 Å². The number of aryl methyl sites for hydroxylation is 4. The predicted molar refractivity (Wildman–Crippen MR) is 127 cm³/mol. The molecule has 0 atom stereocenters. The van der Waals surface area contributed by atoms with Gasteiger partial charge in [0.15, 0.2) is 0 Å². The predicted octanol–water partition coefficient (Wildman–Crippen LogP) is 4.85. The molecule has 0 amide bonds. The molecule has 0 aliphatic heterocycles. The largest absolute Gasteiger partial charge is 0.481 e. The smallest absolute Gasteiger partial charge is 0.148 e. The zero-order valence-electron chi connectivity index (χ0n) is 19.1. The van der Waals surface area contributed by atoms with Gasteiger partial charge in [0.05, 0.1) is 17.1 Å². The normalized spacial score (nSPS) is 11.2. The van der Waals surface area contributed by atoms with E-state index in [9.17, 15) is 0 Å². The van der Waals surface area contributed by atoms with Gasteiger partial charge in [-0.05, 0) is 70.4 Å². The van der Waals surface area contributed by atoms with E-state index >= 15 is 0 Å². The fourth-order valence-electron chi connectivity index (χ4n) is 3.27. The molecule has 6 heteroatoms. The van der Waals surface area contributed by atoms with Crippen molar-refractivity contribution in [2.45, 2.75) is 40.5 Å². The van der Waals surface area contributed by atoms with Gasteiger partial charge in [-0.15, -0.1) is 6.42 Å². The Morgan fingerprint density at radius 2 is 1.81 bits per heavy atom. The fourth-order valence-corrected chi connectivity index (χ4v) is 3.27. The second-order valence-electron chi connectivity index (χ2n) is 7.62. The van der Waals surface area contributed by atoms with Gasteiger partial charge in [0.25, 0.3) is 0 Å². The summed E-state index contributed by atoms with van der Waals surface area (Å²) in [6.07, 6.45) is 6.86. The number of ether oxygens (including phenoxy) is 1. The van der Waals surface area contributed by atoms with Crippen LogP contribution in [0.3, 0.4) is 0 Å². The lowest BCUT2D eigenvalue weighted by Crippen LogP contribution is -2.03. The molecular formula is C26H28N4O2. The SMILES string of the molecule is C#CCOc1cc(C)nc(-c2cccc(CCCON=C(C)c3cc(C)cc(C)n3)n2)c1. The molecule has 3 rings (SSSR count). The van der Waals surface area contributed by atoms with Crippen LogP contribution >= 0.6 is 0 Å². The van der Waals surface area contributed by atoms with Crippen molar-refractivity contribution >= 4 is 5.71 Å². The van der Waals surface area contributed by atoms with Crippen molar-refractivity contribution in [3.63, 3.8) is 0 Å². The maximum Gasteiger partial charge on any atom is 0.148 e. The summed E-state index contributed by atoms with van der Waals surface area (Å²) in [4.78, 5) is 19.3. The standard InChI is InChI=1S/C26H28N4O2/c1-6-12-31-23-16-20(4)28-26(17-23)24-11-7-9-22(29-24)10-8-13-32-30-21(5)25-15-18(2)14-19(3)27-25/h1,7,9,11,14-17H,8,10,12-13H2,2-5H3. The zero-order valence-corrected chi connectivity index (χ0v) is 19.1. The van der Waals surface area contributed by atoms with Gasteiger partial charge in [-0.1, -0.05) is 17.1 Å².